The number of rotatable bonds is 1. The van der Waals surface area contributed by atoms with Crippen molar-refractivity contribution < 1.29 is 25.3 Å². The molecule has 0 N–H and O–H groups in total. The van der Waals surface area contributed by atoms with E-state index < -0.39 is 12.0 Å². The van der Waals surface area contributed by atoms with Gasteiger partial charge in [0.05, 0.1) is 0 Å². The fraction of sp³-hybridized carbons (Fsp3) is 0.250. The average Bonchev–Trinajstić information content (AvgIpc) is 2.07. The summed E-state index contributed by atoms with van der Waals surface area (Å²) in [4.78, 5) is 0. The summed E-state index contributed by atoms with van der Waals surface area (Å²) in [6.45, 7) is 0. The van der Waals surface area contributed by atoms with Gasteiger partial charge in [-0.15, -0.1) is 0 Å². The normalized spacial score (nSPS) is 18.5. The second kappa shape index (κ2) is 1.64. The molecule has 0 saturated heterocycles. The molecule has 0 bridgehead atoms. The molecule has 1 aromatic rings. The quantitative estimate of drug-likeness (QED) is 0.495. The maximum atomic E-state index is 11.9. The molecule has 0 amide bonds. The monoisotopic (exact) mass is 208 g/mol. The van der Waals surface area contributed by atoms with Gasteiger partial charge in [0.15, 0.2) is 0 Å². The van der Waals surface area contributed by atoms with Crippen LogP contribution in [0.2, 0.25) is 0 Å². The number of aromatic nitrogens is 2. The van der Waals surface area contributed by atoms with Crippen molar-refractivity contribution in [1.29, 1.82) is 0 Å². The maximum absolute atomic E-state index is 11.9. The van der Waals surface area contributed by atoms with Crippen LogP contribution < -0.4 is 4.34 Å². The van der Waals surface area contributed by atoms with Crippen LogP contribution in [0.25, 0.3) is 0 Å². The molecule has 1 heterocycles. The minimum atomic E-state index is -9.72. The molecule has 12 heavy (non-hydrogen) atoms. The van der Waals surface area contributed by atoms with Gasteiger partial charge in [0.1, 0.15) is 0 Å². The van der Waals surface area contributed by atoms with E-state index in [1.807, 2.05) is 0 Å². The molecule has 8 heteroatoms. The molecular weight excluding hydrogens is 202 g/mol. The minimum absolute atomic E-state index is 0.288. The van der Waals surface area contributed by atoms with Crippen molar-refractivity contribution >= 4 is 7.65 Å². The first-order valence-corrected chi connectivity index (χ1v) is 4.95. The Morgan fingerprint density at radius 3 is 1.83 bits per heavy atom. The van der Waals surface area contributed by atoms with E-state index in [1.165, 1.54) is 7.05 Å². The molecule has 0 aliphatic heterocycles. The molecule has 0 radical (unpaired) electrons. The van der Waals surface area contributed by atoms with Crippen LogP contribution in [0.3, 0.4) is 0 Å². The molecule has 2 nitrogen and oxygen atoms in total. The van der Waals surface area contributed by atoms with E-state index in [0.717, 1.165) is 10.8 Å². The van der Waals surface area contributed by atoms with Gasteiger partial charge in [-0.25, -0.2) is 0 Å². The van der Waals surface area contributed by atoms with Crippen molar-refractivity contribution in [1.82, 2.24) is 4.57 Å². The van der Waals surface area contributed by atoms with E-state index in [-0.39, 0.29) is 12.5 Å². The second-order valence-electron chi connectivity index (χ2n) is 2.48. The third kappa shape index (κ3) is 1.91. The van der Waals surface area contributed by atoms with Gasteiger partial charge in [0, 0.05) is 0 Å². The van der Waals surface area contributed by atoms with Gasteiger partial charge in [0.2, 0.25) is 0 Å². The molecule has 0 aliphatic carbocycles. The zero-order chi connectivity index (χ0) is 9.68. The number of imidazole rings is 1. The number of nitrogens with zero attached hydrogens (tertiary/aromatic N) is 2. The SMILES string of the molecule is Cn1cc[n+]([P-](F)(F)(F)(F)F)c1. The van der Waals surface area contributed by atoms with Crippen molar-refractivity contribution in [3.63, 3.8) is 0 Å². The topological polar surface area (TPSA) is 8.81 Å². The van der Waals surface area contributed by atoms with Crippen LogP contribution in [0.5, 0.6) is 0 Å². The van der Waals surface area contributed by atoms with Crippen molar-refractivity contribution in [3.05, 3.63) is 18.7 Å². The molecule has 0 atom stereocenters. The first-order chi connectivity index (χ1) is 4.99. The fourth-order valence-electron chi connectivity index (χ4n) is 0.661. The van der Waals surface area contributed by atoms with Gasteiger partial charge in [-0.1, -0.05) is 0 Å². The van der Waals surface area contributed by atoms with Crippen LogP contribution in [0.1, 0.15) is 0 Å². The average molecular weight is 208 g/mol. The summed E-state index contributed by atoms with van der Waals surface area (Å²) in [5, 5.41) is 0. The van der Waals surface area contributed by atoms with Gasteiger partial charge in [-0.05, 0) is 0 Å². The van der Waals surface area contributed by atoms with Gasteiger partial charge in [-0.3, -0.25) is 0 Å². The Labute approximate surface area is 64.4 Å². The predicted molar refractivity (Wildman–Crippen MR) is 33.5 cm³/mol. The van der Waals surface area contributed by atoms with Crippen molar-refractivity contribution in [2.45, 2.75) is 0 Å². The van der Waals surface area contributed by atoms with Crippen molar-refractivity contribution in [2.75, 3.05) is 0 Å². The summed E-state index contributed by atoms with van der Waals surface area (Å²) in [7, 11) is -8.50. The van der Waals surface area contributed by atoms with Gasteiger partial charge in [0.25, 0.3) is 0 Å². The summed E-state index contributed by atoms with van der Waals surface area (Å²) < 4.78 is 59.6. The summed E-state index contributed by atoms with van der Waals surface area (Å²) in [5.41, 5.74) is 0. The number of hydrogen-bond donors (Lipinski definition) is 0. The van der Waals surface area contributed by atoms with Crippen molar-refractivity contribution in [3.8, 4) is 0 Å². The van der Waals surface area contributed by atoms with E-state index in [2.05, 4.69) is 0 Å². The van der Waals surface area contributed by atoms with Crippen LogP contribution in [-0.4, -0.2) is 4.57 Å². The molecule has 0 aromatic carbocycles. The Morgan fingerprint density at radius 2 is 1.67 bits per heavy atom. The van der Waals surface area contributed by atoms with Crippen LogP contribution in [0.15, 0.2) is 18.7 Å². The molecule has 0 saturated carbocycles. The van der Waals surface area contributed by atoms with Gasteiger partial charge >= 0.3 is 63.3 Å². The molecule has 72 valence electrons. The summed E-state index contributed by atoms with van der Waals surface area (Å²) >= 11 is 0. The van der Waals surface area contributed by atoms with E-state index in [1.54, 1.807) is 0 Å². The summed E-state index contributed by atoms with van der Waals surface area (Å²) in [5.74, 6) is 0. The zero-order valence-electron chi connectivity index (χ0n) is 5.96. The molecule has 0 unspecified atom stereocenters. The zero-order valence-corrected chi connectivity index (χ0v) is 6.86. The van der Waals surface area contributed by atoms with E-state index in [9.17, 15) is 21.0 Å². The first kappa shape index (κ1) is 9.38. The fourth-order valence-corrected chi connectivity index (χ4v) is 1.33. The Balaban J connectivity index is 3.34. The van der Waals surface area contributed by atoms with E-state index >= 15 is 0 Å². The Bertz CT molecular complexity index is 310. The Hall–Kier alpha value is -0.710. The molecule has 1 aromatic heterocycles. The Morgan fingerprint density at radius 1 is 1.17 bits per heavy atom. The number of aryl methyl sites for hydroxylation is 1. The number of hydrogen-bond acceptors (Lipinski definition) is 0. The van der Waals surface area contributed by atoms with Crippen LogP contribution in [0, 0.1) is 0 Å². The standard InChI is InChI=1S/C4H6F5N2P/c1-10-2-3-11(4-10)12(5,6,7,8)9/h2-4H,1H3. The predicted octanol–water partition coefficient (Wildman–Crippen LogP) is 2.59. The molecule has 0 aliphatic rings. The van der Waals surface area contributed by atoms with Crippen LogP contribution in [0.4, 0.5) is 21.0 Å². The third-order valence-corrected chi connectivity index (χ3v) is 2.30. The first-order valence-electron chi connectivity index (χ1n) is 2.86. The third-order valence-electron chi connectivity index (χ3n) is 1.19. The molecule has 0 spiro atoms. The molecule has 1 rings (SSSR count). The van der Waals surface area contributed by atoms with Crippen LogP contribution in [-0.2, 0) is 7.05 Å². The molecule has 0 fully saturated rings. The summed E-state index contributed by atoms with van der Waals surface area (Å²) in [6, 6.07) is 0. The number of halogens is 5. The second-order valence-corrected chi connectivity index (χ2v) is 4.97. The van der Waals surface area contributed by atoms with E-state index in [0.29, 0.717) is 0 Å². The Kier molecular flexibility index (Phi) is 1.28. The van der Waals surface area contributed by atoms with Crippen molar-refractivity contribution in [2.24, 2.45) is 7.05 Å². The van der Waals surface area contributed by atoms with Crippen LogP contribution >= 0.6 is 7.65 Å². The van der Waals surface area contributed by atoms with Gasteiger partial charge in [-0.2, -0.15) is 0 Å². The molecular formula is C4H6F5N2P. The van der Waals surface area contributed by atoms with Gasteiger partial charge < -0.3 is 0 Å². The summed E-state index contributed by atoms with van der Waals surface area (Å²) in [6.07, 6.45) is 1.47. The van der Waals surface area contributed by atoms with E-state index in [4.69, 9.17) is 0 Å².